The molecule has 1 fully saturated rings. The van der Waals surface area contributed by atoms with Crippen molar-refractivity contribution in [1.29, 1.82) is 0 Å². The molecule has 2 aromatic rings. The number of hydrogen-bond acceptors (Lipinski definition) is 6. The van der Waals surface area contributed by atoms with Crippen LogP contribution in [0, 0.1) is 19.8 Å². The zero-order chi connectivity index (χ0) is 17.7. The van der Waals surface area contributed by atoms with E-state index in [1.165, 1.54) is 11.5 Å². The number of anilines is 1. The van der Waals surface area contributed by atoms with Crippen molar-refractivity contribution in [3.8, 4) is 0 Å². The van der Waals surface area contributed by atoms with Crippen LogP contribution in [0.15, 0.2) is 11.1 Å². The van der Waals surface area contributed by atoms with E-state index in [1.54, 1.807) is 17.9 Å². The van der Waals surface area contributed by atoms with Gasteiger partial charge in [-0.1, -0.05) is 0 Å². The first-order valence-electron chi connectivity index (χ1n) is 8.43. The molecule has 0 unspecified atom stereocenters. The summed E-state index contributed by atoms with van der Waals surface area (Å²) in [6.45, 7) is 6.71. The van der Waals surface area contributed by atoms with E-state index in [4.69, 9.17) is 0 Å². The van der Waals surface area contributed by atoms with Gasteiger partial charge in [0.15, 0.2) is 0 Å². The summed E-state index contributed by atoms with van der Waals surface area (Å²) >= 11 is 1.39. The fourth-order valence-corrected chi connectivity index (χ4v) is 4.28. The lowest BCUT2D eigenvalue weighted by Crippen LogP contribution is -2.48. The lowest BCUT2D eigenvalue weighted by atomic mass is 9.96. The summed E-state index contributed by atoms with van der Waals surface area (Å²) in [5.41, 5.74) is 3.96. The molecule has 2 aliphatic heterocycles. The average molecular weight is 359 g/mol. The molecule has 1 saturated heterocycles. The van der Waals surface area contributed by atoms with E-state index in [0.717, 1.165) is 40.6 Å². The minimum absolute atomic E-state index is 0.0391. The number of hydrogen-bond donors (Lipinski definition) is 0. The highest BCUT2D eigenvalue weighted by Crippen LogP contribution is 2.30. The number of rotatable bonds is 3. The summed E-state index contributed by atoms with van der Waals surface area (Å²) in [5, 5.41) is 0.929. The van der Waals surface area contributed by atoms with Crippen LogP contribution in [0.3, 0.4) is 0 Å². The summed E-state index contributed by atoms with van der Waals surface area (Å²) in [4.78, 5) is 33.2. The van der Waals surface area contributed by atoms with Gasteiger partial charge in [0, 0.05) is 61.8 Å². The molecular weight excluding hydrogens is 338 g/mol. The molecule has 8 heteroatoms. The Hall–Kier alpha value is -2.22. The first kappa shape index (κ1) is 16.3. The van der Waals surface area contributed by atoms with Gasteiger partial charge in [-0.05, 0) is 25.0 Å². The van der Waals surface area contributed by atoms with E-state index < -0.39 is 0 Å². The smallest absolute Gasteiger partial charge is 0.253 e. The summed E-state index contributed by atoms with van der Waals surface area (Å²) in [5.74, 6) is 0.536. The second-order valence-electron chi connectivity index (χ2n) is 6.99. The van der Waals surface area contributed by atoms with Crippen molar-refractivity contribution >= 4 is 22.6 Å². The standard InChI is InChI=1S/C17H21N5O2S/c1-10-11(2)16(24)20(3)14-8-21(7-13(10)14)15(23)4-12-5-22(6-12)17-18-9-19-25-17/h9,12H,4-8H2,1-3H3. The highest BCUT2D eigenvalue weighted by molar-refractivity contribution is 7.09. The van der Waals surface area contributed by atoms with Crippen molar-refractivity contribution in [2.24, 2.45) is 13.0 Å². The van der Waals surface area contributed by atoms with Gasteiger partial charge in [-0.2, -0.15) is 4.37 Å². The minimum Gasteiger partial charge on any atom is -0.346 e. The van der Waals surface area contributed by atoms with Crippen molar-refractivity contribution in [2.45, 2.75) is 33.4 Å². The number of carbonyl (C=O) groups excluding carboxylic acids is 1. The summed E-state index contributed by atoms with van der Waals surface area (Å²) < 4.78 is 5.71. The third kappa shape index (κ3) is 2.64. The molecule has 4 rings (SSSR count). The van der Waals surface area contributed by atoms with Crippen LogP contribution in [0.2, 0.25) is 0 Å². The molecule has 0 aliphatic carbocycles. The molecule has 0 atom stereocenters. The van der Waals surface area contributed by atoms with Crippen LogP contribution in [0.4, 0.5) is 5.13 Å². The summed E-state index contributed by atoms with van der Waals surface area (Å²) in [6.07, 6.45) is 2.11. The SMILES string of the molecule is Cc1c2c(n(C)c(=O)c1C)CN(C(=O)CC1CN(c3ncns3)C1)C2. The molecule has 7 nitrogen and oxygen atoms in total. The van der Waals surface area contributed by atoms with E-state index in [2.05, 4.69) is 14.3 Å². The predicted octanol–water partition coefficient (Wildman–Crippen LogP) is 1.22. The Morgan fingerprint density at radius 3 is 2.72 bits per heavy atom. The number of carbonyl (C=O) groups is 1. The summed E-state index contributed by atoms with van der Waals surface area (Å²) in [6, 6.07) is 0. The minimum atomic E-state index is 0.0391. The van der Waals surface area contributed by atoms with Crippen LogP contribution in [-0.2, 0) is 24.9 Å². The number of pyridine rings is 1. The van der Waals surface area contributed by atoms with Crippen LogP contribution in [0.5, 0.6) is 0 Å². The second-order valence-corrected chi connectivity index (χ2v) is 7.75. The molecule has 0 N–H and O–H groups in total. The number of aromatic nitrogens is 3. The lowest BCUT2D eigenvalue weighted by Gasteiger charge is -2.39. The molecule has 0 aromatic carbocycles. The molecule has 0 radical (unpaired) electrons. The molecule has 4 heterocycles. The Bertz CT molecular complexity index is 883. The highest BCUT2D eigenvalue weighted by Gasteiger charge is 2.34. The zero-order valence-electron chi connectivity index (χ0n) is 14.7. The zero-order valence-corrected chi connectivity index (χ0v) is 15.5. The van der Waals surface area contributed by atoms with E-state index in [-0.39, 0.29) is 11.5 Å². The van der Waals surface area contributed by atoms with Crippen LogP contribution < -0.4 is 10.5 Å². The van der Waals surface area contributed by atoms with Crippen molar-refractivity contribution < 1.29 is 4.79 Å². The Kier molecular flexibility index (Phi) is 3.87. The van der Waals surface area contributed by atoms with Crippen LogP contribution in [0.1, 0.15) is 28.8 Å². The van der Waals surface area contributed by atoms with Gasteiger partial charge in [-0.3, -0.25) is 9.59 Å². The fourth-order valence-electron chi connectivity index (χ4n) is 3.73. The molecule has 1 amide bonds. The van der Waals surface area contributed by atoms with Crippen molar-refractivity contribution in [1.82, 2.24) is 18.8 Å². The van der Waals surface area contributed by atoms with Crippen molar-refractivity contribution in [2.75, 3.05) is 18.0 Å². The molecule has 0 saturated carbocycles. The van der Waals surface area contributed by atoms with Crippen LogP contribution in [-0.4, -0.2) is 37.8 Å². The predicted molar refractivity (Wildman–Crippen MR) is 95.6 cm³/mol. The van der Waals surface area contributed by atoms with Gasteiger partial charge >= 0.3 is 0 Å². The van der Waals surface area contributed by atoms with Crippen molar-refractivity contribution in [3.63, 3.8) is 0 Å². The Morgan fingerprint density at radius 1 is 1.28 bits per heavy atom. The molecular formula is C17H21N5O2S. The van der Waals surface area contributed by atoms with Crippen LogP contribution in [0.25, 0.3) is 0 Å². The largest absolute Gasteiger partial charge is 0.346 e. The van der Waals surface area contributed by atoms with Gasteiger partial charge < -0.3 is 14.4 Å². The van der Waals surface area contributed by atoms with Gasteiger partial charge in [0.25, 0.3) is 5.56 Å². The molecule has 0 spiro atoms. The lowest BCUT2D eigenvalue weighted by molar-refractivity contribution is -0.133. The number of nitrogens with zero attached hydrogens (tertiary/aromatic N) is 5. The maximum absolute atomic E-state index is 12.7. The molecule has 2 aliphatic rings. The molecule has 2 aromatic heterocycles. The van der Waals surface area contributed by atoms with E-state index in [9.17, 15) is 9.59 Å². The van der Waals surface area contributed by atoms with Gasteiger partial charge in [0.2, 0.25) is 11.0 Å². The Morgan fingerprint density at radius 2 is 2.04 bits per heavy atom. The first-order chi connectivity index (χ1) is 12.0. The molecule has 132 valence electrons. The van der Waals surface area contributed by atoms with Gasteiger partial charge in [0.1, 0.15) is 6.33 Å². The van der Waals surface area contributed by atoms with Gasteiger partial charge in [-0.25, -0.2) is 4.98 Å². The average Bonchev–Trinajstić information content (AvgIpc) is 3.23. The quantitative estimate of drug-likeness (QED) is 0.824. The second kappa shape index (κ2) is 5.94. The van der Waals surface area contributed by atoms with E-state index in [1.807, 2.05) is 18.7 Å². The van der Waals surface area contributed by atoms with Gasteiger partial charge in [0.05, 0.1) is 6.54 Å². The molecule has 25 heavy (non-hydrogen) atoms. The maximum atomic E-state index is 12.7. The Balaban J connectivity index is 1.41. The maximum Gasteiger partial charge on any atom is 0.253 e. The normalized spacial score (nSPS) is 16.9. The topological polar surface area (TPSA) is 71.3 Å². The third-order valence-corrected chi connectivity index (χ3v) is 6.20. The van der Waals surface area contributed by atoms with E-state index >= 15 is 0 Å². The Labute approximate surface area is 150 Å². The van der Waals surface area contributed by atoms with Crippen LogP contribution >= 0.6 is 11.5 Å². The van der Waals surface area contributed by atoms with Crippen molar-refractivity contribution in [3.05, 3.63) is 39.1 Å². The monoisotopic (exact) mass is 359 g/mol. The number of amides is 1. The van der Waals surface area contributed by atoms with Gasteiger partial charge in [-0.15, -0.1) is 0 Å². The van der Waals surface area contributed by atoms with E-state index in [0.29, 0.717) is 25.4 Å². The third-order valence-electron chi connectivity index (χ3n) is 5.48. The molecule has 0 bridgehead atoms. The fraction of sp³-hybridized carbons (Fsp3) is 0.529. The number of fused-ring (bicyclic) bond motifs is 1. The summed E-state index contributed by atoms with van der Waals surface area (Å²) in [7, 11) is 1.80. The highest BCUT2D eigenvalue weighted by atomic mass is 32.1. The first-order valence-corrected chi connectivity index (χ1v) is 9.20.